The van der Waals surface area contributed by atoms with Crippen LogP contribution < -0.4 is 11.1 Å². The first-order valence-electron chi connectivity index (χ1n) is 6.13. The van der Waals surface area contributed by atoms with Gasteiger partial charge in [0.1, 0.15) is 0 Å². The average Bonchev–Trinajstić information content (AvgIpc) is 2.48. The van der Waals surface area contributed by atoms with Gasteiger partial charge in [-0.1, -0.05) is 41.9 Å². The maximum Gasteiger partial charge on any atom is 0.253 e. The Labute approximate surface area is 122 Å². The van der Waals surface area contributed by atoms with E-state index in [0.717, 1.165) is 5.56 Å². The molecule has 104 valence electrons. The van der Waals surface area contributed by atoms with Gasteiger partial charge in [-0.2, -0.15) is 0 Å². The molecular formula is C15H15ClN2O2. The van der Waals surface area contributed by atoms with Crippen LogP contribution in [0, 0.1) is 0 Å². The molecule has 2 aromatic rings. The molecule has 4 N–H and O–H groups in total. The summed E-state index contributed by atoms with van der Waals surface area (Å²) < 4.78 is 0. The van der Waals surface area contributed by atoms with Crippen LogP contribution in [0.1, 0.15) is 22.0 Å². The van der Waals surface area contributed by atoms with Crippen LogP contribution in [0.2, 0.25) is 5.02 Å². The number of nitrogens with two attached hydrogens (primary N) is 1. The van der Waals surface area contributed by atoms with Crippen molar-refractivity contribution in [1.29, 1.82) is 0 Å². The fourth-order valence-corrected chi connectivity index (χ4v) is 2.05. The van der Waals surface area contributed by atoms with Gasteiger partial charge in [0.05, 0.1) is 18.2 Å². The van der Waals surface area contributed by atoms with E-state index in [4.69, 9.17) is 17.3 Å². The minimum Gasteiger partial charge on any atom is -0.398 e. The van der Waals surface area contributed by atoms with E-state index >= 15 is 0 Å². The molecule has 20 heavy (non-hydrogen) atoms. The second kappa shape index (κ2) is 6.41. The second-order valence-corrected chi connectivity index (χ2v) is 4.79. The van der Waals surface area contributed by atoms with E-state index in [0.29, 0.717) is 16.3 Å². The Bertz CT molecular complexity index is 602. The number of hydrogen-bond donors (Lipinski definition) is 3. The van der Waals surface area contributed by atoms with Crippen molar-refractivity contribution >= 4 is 23.2 Å². The molecular weight excluding hydrogens is 276 g/mol. The standard InChI is InChI=1S/C15H15ClN2O2/c16-11-6-7-13(17)12(8-11)15(20)18-14(9-19)10-4-2-1-3-5-10/h1-8,14,19H,9,17H2,(H,18,20). The van der Waals surface area contributed by atoms with Crippen molar-refractivity contribution in [2.24, 2.45) is 0 Å². The molecule has 0 aromatic heterocycles. The molecule has 0 saturated carbocycles. The molecule has 4 nitrogen and oxygen atoms in total. The molecule has 0 radical (unpaired) electrons. The third kappa shape index (κ3) is 3.29. The van der Waals surface area contributed by atoms with E-state index in [-0.39, 0.29) is 12.5 Å². The number of aliphatic hydroxyl groups excluding tert-OH is 1. The summed E-state index contributed by atoms with van der Waals surface area (Å²) in [6, 6.07) is 13.4. The first-order valence-corrected chi connectivity index (χ1v) is 6.51. The first kappa shape index (κ1) is 14.4. The minimum atomic E-state index is -0.484. The van der Waals surface area contributed by atoms with Crippen LogP contribution in [-0.4, -0.2) is 17.6 Å². The van der Waals surface area contributed by atoms with Crippen molar-refractivity contribution in [3.05, 3.63) is 64.7 Å². The van der Waals surface area contributed by atoms with Crippen molar-refractivity contribution < 1.29 is 9.90 Å². The molecule has 2 rings (SSSR count). The van der Waals surface area contributed by atoms with Crippen molar-refractivity contribution in [2.45, 2.75) is 6.04 Å². The smallest absolute Gasteiger partial charge is 0.253 e. The van der Waals surface area contributed by atoms with Crippen LogP contribution in [0.4, 0.5) is 5.69 Å². The number of nitrogen functional groups attached to an aromatic ring is 1. The normalized spacial score (nSPS) is 11.9. The van der Waals surface area contributed by atoms with Gasteiger partial charge in [-0.3, -0.25) is 4.79 Å². The number of carbonyl (C=O) groups is 1. The molecule has 0 aliphatic rings. The molecule has 0 spiro atoms. The summed E-state index contributed by atoms with van der Waals surface area (Å²) >= 11 is 5.86. The number of carbonyl (C=O) groups excluding carboxylic acids is 1. The van der Waals surface area contributed by atoms with E-state index in [9.17, 15) is 9.90 Å². The van der Waals surface area contributed by atoms with E-state index in [1.165, 1.54) is 6.07 Å². The number of amides is 1. The van der Waals surface area contributed by atoms with E-state index in [1.54, 1.807) is 12.1 Å². The molecule has 0 aliphatic heterocycles. The predicted molar refractivity (Wildman–Crippen MR) is 79.6 cm³/mol. The third-order valence-corrected chi connectivity index (χ3v) is 3.18. The van der Waals surface area contributed by atoms with Crippen LogP contribution in [0.3, 0.4) is 0 Å². The zero-order chi connectivity index (χ0) is 14.5. The Morgan fingerprint density at radius 1 is 1.25 bits per heavy atom. The molecule has 0 heterocycles. The van der Waals surface area contributed by atoms with E-state index in [1.807, 2.05) is 30.3 Å². The van der Waals surface area contributed by atoms with Crippen LogP contribution in [-0.2, 0) is 0 Å². The van der Waals surface area contributed by atoms with Gasteiger partial charge in [-0.05, 0) is 23.8 Å². The van der Waals surface area contributed by atoms with Crippen molar-refractivity contribution in [3.63, 3.8) is 0 Å². The maximum absolute atomic E-state index is 12.2. The van der Waals surface area contributed by atoms with E-state index < -0.39 is 6.04 Å². The molecule has 0 aliphatic carbocycles. The number of halogens is 1. The van der Waals surface area contributed by atoms with E-state index in [2.05, 4.69) is 5.32 Å². The molecule has 1 atom stereocenters. The van der Waals surface area contributed by atoms with Crippen LogP contribution in [0.25, 0.3) is 0 Å². The van der Waals surface area contributed by atoms with Gasteiger partial charge < -0.3 is 16.2 Å². The molecule has 1 unspecified atom stereocenters. The SMILES string of the molecule is Nc1ccc(Cl)cc1C(=O)NC(CO)c1ccccc1. The first-order chi connectivity index (χ1) is 9.61. The molecule has 5 heteroatoms. The summed E-state index contributed by atoms with van der Waals surface area (Å²) in [5.41, 5.74) is 7.23. The summed E-state index contributed by atoms with van der Waals surface area (Å²) in [6.07, 6.45) is 0. The number of anilines is 1. The molecule has 0 bridgehead atoms. The van der Waals surface area contributed by atoms with Gasteiger partial charge in [-0.25, -0.2) is 0 Å². The maximum atomic E-state index is 12.2. The number of nitrogens with one attached hydrogen (secondary N) is 1. The molecule has 2 aromatic carbocycles. The Morgan fingerprint density at radius 3 is 2.60 bits per heavy atom. The van der Waals surface area contributed by atoms with Crippen LogP contribution in [0.15, 0.2) is 48.5 Å². The summed E-state index contributed by atoms with van der Waals surface area (Å²) in [5, 5.41) is 12.6. The highest BCUT2D eigenvalue weighted by Gasteiger charge is 2.16. The van der Waals surface area contributed by atoms with Crippen LogP contribution in [0.5, 0.6) is 0 Å². The van der Waals surface area contributed by atoms with Gasteiger partial charge >= 0.3 is 0 Å². The van der Waals surface area contributed by atoms with Gasteiger partial charge in [0, 0.05) is 10.7 Å². The van der Waals surface area contributed by atoms with Crippen molar-refractivity contribution in [2.75, 3.05) is 12.3 Å². The fourth-order valence-electron chi connectivity index (χ4n) is 1.88. The zero-order valence-corrected chi connectivity index (χ0v) is 11.5. The monoisotopic (exact) mass is 290 g/mol. The number of hydrogen-bond acceptors (Lipinski definition) is 3. The Kier molecular flexibility index (Phi) is 4.61. The third-order valence-electron chi connectivity index (χ3n) is 2.95. The lowest BCUT2D eigenvalue weighted by Gasteiger charge is -2.17. The number of benzene rings is 2. The summed E-state index contributed by atoms with van der Waals surface area (Å²) in [4.78, 5) is 12.2. The fraction of sp³-hybridized carbons (Fsp3) is 0.133. The van der Waals surface area contributed by atoms with Gasteiger partial charge in [0.15, 0.2) is 0 Å². The Hall–Kier alpha value is -2.04. The second-order valence-electron chi connectivity index (χ2n) is 4.35. The Balaban J connectivity index is 2.20. The minimum absolute atomic E-state index is 0.198. The largest absolute Gasteiger partial charge is 0.398 e. The highest BCUT2D eigenvalue weighted by atomic mass is 35.5. The number of aliphatic hydroxyl groups is 1. The predicted octanol–water partition coefficient (Wildman–Crippen LogP) is 2.39. The van der Waals surface area contributed by atoms with Crippen LogP contribution >= 0.6 is 11.6 Å². The summed E-state index contributed by atoms with van der Waals surface area (Å²) in [7, 11) is 0. The number of rotatable bonds is 4. The lowest BCUT2D eigenvalue weighted by molar-refractivity contribution is 0.0917. The molecule has 0 fully saturated rings. The Morgan fingerprint density at radius 2 is 1.95 bits per heavy atom. The highest BCUT2D eigenvalue weighted by molar-refractivity contribution is 6.31. The van der Waals surface area contributed by atoms with Crippen molar-refractivity contribution in [1.82, 2.24) is 5.32 Å². The topological polar surface area (TPSA) is 75.4 Å². The summed E-state index contributed by atoms with van der Waals surface area (Å²) in [5.74, 6) is -0.368. The van der Waals surface area contributed by atoms with Crippen molar-refractivity contribution in [3.8, 4) is 0 Å². The lowest BCUT2D eigenvalue weighted by atomic mass is 10.1. The highest BCUT2D eigenvalue weighted by Crippen LogP contribution is 2.19. The molecule has 1 amide bonds. The van der Waals surface area contributed by atoms with Gasteiger partial charge in [0.25, 0.3) is 5.91 Å². The molecule has 0 saturated heterocycles. The quantitative estimate of drug-likeness (QED) is 0.757. The lowest BCUT2D eigenvalue weighted by Crippen LogP contribution is -2.31. The average molecular weight is 291 g/mol. The summed E-state index contributed by atoms with van der Waals surface area (Å²) in [6.45, 7) is -0.198. The van der Waals surface area contributed by atoms with Gasteiger partial charge in [0.2, 0.25) is 0 Å². The van der Waals surface area contributed by atoms with Gasteiger partial charge in [-0.15, -0.1) is 0 Å². The zero-order valence-electron chi connectivity index (χ0n) is 10.7.